The number of halogens is 2. The van der Waals surface area contributed by atoms with E-state index < -0.39 is 12.0 Å². The number of rotatable bonds is 5. The second kappa shape index (κ2) is 8.02. The summed E-state index contributed by atoms with van der Waals surface area (Å²) in [5.41, 5.74) is 2.21. The Kier molecular flexibility index (Phi) is 6.04. The summed E-state index contributed by atoms with van der Waals surface area (Å²) in [6.45, 7) is 3.71. The molecule has 0 radical (unpaired) electrons. The topological polar surface area (TPSA) is 44.8 Å². The van der Waals surface area contributed by atoms with Crippen molar-refractivity contribution in [3.8, 4) is 11.5 Å². The fourth-order valence-electron chi connectivity index (χ4n) is 2.22. The second-order valence-corrected chi connectivity index (χ2v) is 5.53. The first-order valence-corrected chi connectivity index (χ1v) is 7.79. The van der Waals surface area contributed by atoms with Gasteiger partial charge in [0.1, 0.15) is 12.4 Å². The van der Waals surface area contributed by atoms with Gasteiger partial charge in [-0.3, -0.25) is 0 Å². The molecule has 0 fully saturated rings. The normalized spacial score (nSPS) is 10.4. The summed E-state index contributed by atoms with van der Waals surface area (Å²) in [6.07, 6.45) is -0.122. The summed E-state index contributed by atoms with van der Waals surface area (Å²) in [5, 5.41) is 0.418. The van der Waals surface area contributed by atoms with Crippen LogP contribution in [-0.4, -0.2) is 13.3 Å². The quantitative estimate of drug-likeness (QED) is 0.556. The number of methoxy groups -OCH3 is 1. The van der Waals surface area contributed by atoms with Gasteiger partial charge in [-0.25, -0.2) is 9.18 Å². The van der Waals surface area contributed by atoms with Gasteiger partial charge in [-0.05, 0) is 36.6 Å². The van der Waals surface area contributed by atoms with E-state index in [-0.39, 0.29) is 12.4 Å². The van der Waals surface area contributed by atoms with Gasteiger partial charge in [-0.1, -0.05) is 30.7 Å². The van der Waals surface area contributed by atoms with Crippen LogP contribution >= 0.6 is 11.6 Å². The minimum Gasteiger partial charge on any atom is -0.486 e. The monoisotopic (exact) mass is 352 g/mol. The summed E-state index contributed by atoms with van der Waals surface area (Å²) in [4.78, 5) is 11.4. The smallest absolute Gasteiger partial charge is 0.486 e. The van der Waals surface area contributed by atoms with E-state index in [1.807, 2.05) is 13.0 Å². The Morgan fingerprint density at radius 3 is 2.67 bits per heavy atom. The minimum absolute atomic E-state index is 0.0344. The Morgan fingerprint density at radius 1 is 1.25 bits per heavy atom. The zero-order valence-electron chi connectivity index (χ0n) is 13.7. The molecule has 2 rings (SSSR count). The first-order valence-electron chi connectivity index (χ1n) is 7.41. The molecule has 0 aromatic heterocycles. The largest absolute Gasteiger partial charge is 0.513 e. The van der Waals surface area contributed by atoms with E-state index in [4.69, 9.17) is 21.1 Å². The predicted molar refractivity (Wildman–Crippen MR) is 89.3 cm³/mol. The molecule has 0 aliphatic rings. The Bertz CT molecular complexity index is 746. The van der Waals surface area contributed by atoms with E-state index in [9.17, 15) is 9.18 Å². The van der Waals surface area contributed by atoms with Crippen LogP contribution in [0.3, 0.4) is 0 Å². The lowest BCUT2D eigenvalue weighted by atomic mass is 10.0. The van der Waals surface area contributed by atoms with Crippen LogP contribution in [0.15, 0.2) is 30.3 Å². The van der Waals surface area contributed by atoms with Crippen molar-refractivity contribution in [1.29, 1.82) is 0 Å². The van der Waals surface area contributed by atoms with Crippen molar-refractivity contribution in [3.63, 3.8) is 0 Å². The molecule has 0 heterocycles. The van der Waals surface area contributed by atoms with Crippen LogP contribution in [0.2, 0.25) is 5.02 Å². The highest BCUT2D eigenvalue weighted by atomic mass is 35.5. The zero-order valence-corrected chi connectivity index (χ0v) is 14.4. The van der Waals surface area contributed by atoms with Crippen molar-refractivity contribution in [3.05, 3.63) is 57.9 Å². The number of carbonyl (C=O) groups excluding carboxylic acids is 1. The van der Waals surface area contributed by atoms with Crippen molar-refractivity contribution in [1.82, 2.24) is 0 Å². The molecule has 0 saturated heterocycles. The molecule has 4 nitrogen and oxygen atoms in total. The Balaban J connectivity index is 2.28. The fraction of sp³-hybridized carbons (Fsp3) is 0.278. The van der Waals surface area contributed by atoms with E-state index >= 15 is 0 Å². The van der Waals surface area contributed by atoms with Gasteiger partial charge >= 0.3 is 6.16 Å². The van der Waals surface area contributed by atoms with Gasteiger partial charge in [0, 0.05) is 16.7 Å². The molecule has 0 spiro atoms. The van der Waals surface area contributed by atoms with Crippen LogP contribution < -0.4 is 9.47 Å². The Hall–Kier alpha value is -2.27. The van der Waals surface area contributed by atoms with Crippen molar-refractivity contribution in [2.75, 3.05) is 7.11 Å². The number of carbonyl (C=O) groups is 1. The Morgan fingerprint density at radius 2 is 2.00 bits per heavy atom. The molecule has 0 unspecified atom stereocenters. The van der Waals surface area contributed by atoms with Crippen LogP contribution in [0.1, 0.15) is 23.6 Å². The van der Waals surface area contributed by atoms with Crippen LogP contribution in [0, 0.1) is 12.7 Å². The maximum absolute atomic E-state index is 14.0. The molecule has 0 aliphatic carbocycles. The molecule has 2 aromatic carbocycles. The summed E-state index contributed by atoms with van der Waals surface area (Å²) in [7, 11) is 1.23. The van der Waals surface area contributed by atoms with Crippen molar-refractivity contribution in [2.24, 2.45) is 0 Å². The van der Waals surface area contributed by atoms with Crippen LogP contribution in [0.25, 0.3) is 0 Å². The zero-order chi connectivity index (χ0) is 17.7. The van der Waals surface area contributed by atoms with E-state index in [0.29, 0.717) is 28.3 Å². The third-order valence-corrected chi connectivity index (χ3v) is 3.96. The summed E-state index contributed by atoms with van der Waals surface area (Å²) < 4.78 is 29.2. The lowest BCUT2D eigenvalue weighted by Crippen LogP contribution is -2.11. The molecule has 2 aromatic rings. The maximum atomic E-state index is 14.0. The van der Waals surface area contributed by atoms with Crippen molar-refractivity contribution < 1.29 is 23.4 Å². The van der Waals surface area contributed by atoms with Crippen LogP contribution in [0.5, 0.6) is 11.5 Å². The van der Waals surface area contributed by atoms with Crippen LogP contribution in [0.4, 0.5) is 9.18 Å². The fourth-order valence-corrected chi connectivity index (χ4v) is 2.38. The molecule has 0 N–H and O–H groups in total. The van der Waals surface area contributed by atoms with E-state index in [2.05, 4.69) is 4.74 Å². The predicted octanol–water partition coefficient (Wildman–Crippen LogP) is 5.07. The second-order valence-electron chi connectivity index (χ2n) is 5.12. The third-order valence-electron chi connectivity index (χ3n) is 3.56. The SMILES string of the molecule is CCc1cccc(OC(=O)OC)c1COc1cc(Cl)c(C)cc1F. The highest BCUT2D eigenvalue weighted by Gasteiger charge is 2.15. The minimum atomic E-state index is -0.825. The number of hydrogen-bond donors (Lipinski definition) is 0. The average molecular weight is 353 g/mol. The summed E-state index contributed by atoms with van der Waals surface area (Å²) in [5.74, 6) is -0.137. The molecule has 0 aliphatic heterocycles. The molecule has 24 heavy (non-hydrogen) atoms. The first-order chi connectivity index (χ1) is 11.5. The molecule has 0 saturated carbocycles. The number of aryl methyl sites for hydroxylation is 2. The maximum Gasteiger partial charge on any atom is 0.513 e. The lowest BCUT2D eigenvalue weighted by Gasteiger charge is -2.15. The number of benzene rings is 2. The molecule has 0 bridgehead atoms. The van der Waals surface area contributed by atoms with Gasteiger partial charge in [-0.2, -0.15) is 0 Å². The Labute approximate surface area is 145 Å². The van der Waals surface area contributed by atoms with Crippen molar-refractivity contribution >= 4 is 17.8 Å². The lowest BCUT2D eigenvalue weighted by molar-refractivity contribution is 0.120. The number of ether oxygens (including phenoxy) is 3. The average Bonchev–Trinajstić information content (AvgIpc) is 2.57. The summed E-state index contributed by atoms with van der Waals surface area (Å²) >= 11 is 6.01. The van der Waals surface area contributed by atoms with Gasteiger partial charge in [-0.15, -0.1) is 0 Å². The van der Waals surface area contributed by atoms with Crippen molar-refractivity contribution in [2.45, 2.75) is 26.9 Å². The molecule has 0 amide bonds. The first kappa shape index (κ1) is 18.1. The van der Waals surface area contributed by atoms with Gasteiger partial charge in [0.2, 0.25) is 0 Å². The summed E-state index contributed by atoms with van der Waals surface area (Å²) in [6, 6.07) is 8.04. The standard InChI is InChI=1S/C18H18ClFO4/c1-4-12-6-5-7-16(24-18(21)22-3)13(12)10-23-17-9-14(19)11(2)8-15(17)20/h5-9H,4,10H2,1-3H3. The van der Waals surface area contributed by atoms with Crippen LogP contribution in [-0.2, 0) is 17.8 Å². The van der Waals surface area contributed by atoms with E-state index in [1.165, 1.54) is 19.2 Å². The van der Waals surface area contributed by atoms with Gasteiger partial charge in [0.05, 0.1) is 7.11 Å². The molecule has 128 valence electrons. The molecule has 6 heteroatoms. The molecule has 0 atom stereocenters. The highest BCUT2D eigenvalue weighted by molar-refractivity contribution is 6.31. The third kappa shape index (κ3) is 4.17. The van der Waals surface area contributed by atoms with E-state index in [0.717, 1.165) is 5.56 Å². The molecular weight excluding hydrogens is 335 g/mol. The highest BCUT2D eigenvalue weighted by Crippen LogP contribution is 2.29. The number of hydrogen-bond acceptors (Lipinski definition) is 4. The van der Waals surface area contributed by atoms with E-state index in [1.54, 1.807) is 19.1 Å². The van der Waals surface area contributed by atoms with Gasteiger partial charge in [0.15, 0.2) is 11.6 Å². The van der Waals surface area contributed by atoms with Gasteiger partial charge < -0.3 is 14.2 Å². The molecular formula is C18H18ClFO4. The van der Waals surface area contributed by atoms with Gasteiger partial charge in [0.25, 0.3) is 0 Å².